The van der Waals surface area contributed by atoms with Crippen molar-refractivity contribution >= 4 is 17.5 Å². The second-order valence-corrected chi connectivity index (χ2v) is 4.28. The van der Waals surface area contributed by atoms with E-state index < -0.39 is 17.9 Å². The van der Waals surface area contributed by atoms with E-state index >= 15 is 0 Å². The monoisotopic (exact) mass is 262 g/mol. The van der Waals surface area contributed by atoms with Crippen LogP contribution in [-0.2, 0) is 20.7 Å². The first kappa shape index (κ1) is 15.0. The van der Waals surface area contributed by atoms with E-state index in [2.05, 4.69) is 6.58 Å². The second kappa shape index (κ2) is 6.73. The smallest absolute Gasteiger partial charge is 0.320 e. The van der Waals surface area contributed by atoms with Gasteiger partial charge in [-0.25, -0.2) is 0 Å². The van der Waals surface area contributed by atoms with Crippen molar-refractivity contribution in [2.75, 3.05) is 6.61 Å². The summed E-state index contributed by atoms with van der Waals surface area (Å²) in [7, 11) is 0. The quantitative estimate of drug-likeness (QED) is 0.632. The van der Waals surface area contributed by atoms with Crippen LogP contribution in [-0.4, -0.2) is 23.7 Å². The van der Waals surface area contributed by atoms with Crippen LogP contribution >= 0.6 is 0 Å². The lowest BCUT2D eigenvalue weighted by Gasteiger charge is -2.14. The molecule has 102 valence electrons. The molecule has 1 aromatic rings. The molecule has 0 aliphatic carbocycles. The number of hydrogen-bond donors (Lipinski definition) is 1. The van der Waals surface area contributed by atoms with Gasteiger partial charge in [0.1, 0.15) is 0 Å². The van der Waals surface area contributed by atoms with Crippen LogP contribution in [0.15, 0.2) is 30.8 Å². The Morgan fingerprint density at radius 2 is 2.00 bits per heavy atom. The molecule has 1 aromatic carbocycles. The van der Waals surface area contributed by atoms with Crippen molar-refractivity contribution < 1.29 is 19.4 Å². The Balaban J connectivity index is 3.00. The van der Waals surface area contributed by atoms with Crippen LogP contribution in [0.5, 0.6) is 0 Å². The van der Waals surface area contributed by atoms with Crippen molar-refractivity contribution in [3.63, 3.8) is 0 Å². The minimum absolute atomic E-state index is 0.108. The van der Waals surface area contributed by atoms with Gasteiger partial charge in [0.05, 0.1) is 6.61 Å². The Morgan fingerprint density at radius 3 is 2.53 bits per heavy atom. The first-order chi connectivity index (χ1) is 8.97. The predicted octanol–water partition coefficient (Wildman–Crippen LogP) is 2.53. The molecule has 4 heteroatoms. The van der Waals surface area contributed by atoms with Gasteiger partial charge < -0.3 is 9.84 Å². The van der Waals surface area contributed by atoms with E-state index in [0.717, 1.165) is 16.7 Å². The lowest BCUT2D eigenvalue weighted by Crippen LogP contribution is -2.28. The molecular formula is C15H18O4. The highest BCUT2D eigenvalue weighted by Crippen LogP contribution is 2.21. The van der Waals surface area contributed by atoms with Crippen LogP contribution in [0.2, 0.25) is 0 Å². The number of rotatable bonds is 6. The molecule has 0 aliphatic heterocycles. The molecule has 1 N–H and O–H groups in total. The molecule has 1 rings (SSSR count). The SMILES string of the molecule is C=C(C)c1ccccc1CC(C(=O)O)C(=O)OCC. The molecule has 0 bridgehead atoms. The molecule has 0 radical (unpaired) electrons. The zero-order valence-electron chi connectivity index (χ0n) is 11.2. The Labute approximate surface area is 112 Å². The van der Waals surface area contributed by atoms with Crippen molar-refractivity contribution in [3.05, 3.63) is 42.0 Å². The van der Waals surface area contributed by atoms with Crippen molar-refractivity contribution in [3.8, 4) is 0 Å². The normalized spacial score (nSPS) is 11.7. The topological polar surface area (TPSA) is 63.6 Å². The van der Waals surface area contributed by atoms with Gasteiger partial charge in [0.15, 0.2) is 5.92 Å². The van der Waals surface area contributed by atoms with Crippen LogP contribution in [0.1, 0.15) is 25.0 Å². The number of carbonyl (C=O) groups is 2. The fraction of sp³-hybridized carbons (Fsp3) is 0.333. The van der Waals surface area contributed by atoms with E-state index in [1.54, 1.807) is 13.0 Å². The van der Waals surface area contributed by atoms with Crippen LogP contribution in [0, 0.1) is 5.92 Å². The zero-order chi connectivity index (χ0) is 14.4. The standard InChI is InChI=1S/C15H18O4/c1-4-19-15(18)13(14(16)17)9-11-7-5-6-8-12(11)10(2)3/h5-8,13H,2,4,9H2,1,3H3,(H,16,17). The second-order valence-electron chi connectivity index (χ2n) is 4.28. The van der Waals surface area contributed by atoms with E-state index in [1.807, 2.05) is 25.1 Å². The summed E-state index contributed by atoms with van der Waals surface area (Å²) in [5.41, 5.74) is 2.50. The van der Waals surface area contributed by atoms with Crippen molar-refractivity contribution in [1.82, 2.24) is 0 Å². The molecule has 0 spiro atoms. The van der Waals surface area contributed by atoms with Crippen molar-refractivity contribution in [2.45, 2.75) is 20.3 Å². The number of allylic oxidation sites excluding steroid dienone is 1. The molecule has 0 heterocycles. The lowest BCUT2D eigenvalue weighted by molar-refractivity contribution is -0.158. The van der Waals surface area contributed by atoms with Gasteiger partial charge in [-0.05, 0) is 31.4 Å². The highest BCUT2D eigenvalue weighted by atomic mass is 16.5. The van der Waals surface area contributed by atoms with Gasteiger partial charge in [-0.3, -0.25) is 9.59 Å². The Hall–Kier alpha value is -2.10. The number of carboxylic acids is 1. The highest BCUT2D eigenvalue weighted by Gasteiger charge is 2.28. The third-order valence-corrected chi connectivity index (χ3v) is 2.77. The number of esters is 1. The Kier molecular flexibility index (Phi) is 5.30. The summed E-state index contributed by atoms with van der Waals surface area (Å²) in [4.78, 5) is 22.8. The number of aliphatic carboxylic acids is 1. The molecule has 19 heavy (non-hydrogen) atoms. The lowest BCUT2D eigenvalue weighted by atomic mass is 9.93. The van der Waals surface area contributed by atoms with Gasteiger partial charge in [0.25, 0.3) is 0 Å². The maximum absolute atomic E-state index is 11.6. The predicted molar refractivity (Wildman–Crippen MR) is 72.6 cm³/mol. The summed E-state index contributed by atoms with van der Waals surface area (Å²) < 4.78 is 4.80. The summed E-state index contributed by atoms with van der Waals surface area (Å²) in [5, 5.41) is 9.14. The Morgan fingerprint density at radius 1 is 1.37 bits per heavy atom. The van der Waals surface area contributed by atoms with Gasteiger partial charge in [0, 0.05) is 0 Å². The van der Waals surface area contributed by atoms with Gasteiger partial charge in [-0.2, -0.15) is 0 Å². The molecule has 0 saturated heterocycles. The summed E-state index contributed by atoms with van der Waals surface area (Å²) in [6, 6.07) is 7.33. The maximum atomic E-state index is 11.6. The largest absolute Gasteiger partial charge is 0.481 e. The summed E-state index contributed by atoms with van der Waals surface area (Å²) >= 11 is 0. The molecule has 0 aromatic heterocycles. The molecular weight excluding hydrogens is 244 g/mol. The third kappa shape index (κ3) is 3.95. The summed E-state index contributed by atoms with van der Waals surface area (Å²) in [6.45, 7) is 7.52. The van der Waals surface area contributed by atoms with Crippen LogP contribution in [0.4, 0.5) is 0 Å². The van der Waals surface area contributed by atoms with E-state index in [0.29, 0.717) is 0 Å². The number of benzene rings is 1. The highest BCUT2D eigenvalue weighted by molar-refractivity contribution is 5.94. The first-order valence-electron chi connectivity index (χ1n) is 6.10. The minimum atomic E-state index is -1.18. The van der Waals surface area contributed by atoms with E-state index in [9.17, 15) is 9.59 Å². The third-order valence-electron chi connectivity index (χ3n) is 2.77. The molecule has 0 aliphatic rings. The molecule has 1 atom stereocenters. The van der Waals surface area contributed by atoms with Crippen LogP contribution in [0.25, 0.3) is 5.57 Å². The van der Waals surface area contributed by atoms with Crippen molar-refractivity contribution in [1.29, 1.82) is 0 Å². The van der Waals surface area contributed by atoms with E-state index in [1.165, 1.54) is 0 Å². The summed E-state index contributed by atoms with van der Waals surface area (Å²) in [5.74, 6) is -3.05. The van der Waals surface area contributed by atoms with Gasteiger partial charge in [-0.15, -0.1) is 0 Å². The number of carbonyl (C=O) groups excluding carboxylic acids is 1. The molecule has 0 fully saturated rings. The number of ether oxygens (including phenoxy) is 1. The van der Waals surface area contributed by atoms with Crippen molar-refractivity contribution in [2.24, 2.45) is 5.92 Å². The van der Waals surface area contributed by atoms with Crippen LogP contribution < -0.4 is 0 Å². The average Bonchev–Trinajstić information content (AvgIpc) is 2.36. The summed E-state index contributed by atoms with van der Waals surface area (Å²) in [6.07, 6.45) is 0.108. The number of hydrogen-bond acceptors (Lipinski definition) is 3. The van der Waals surface area contributed by atoms with Gasteiger partial charge in [-0.1, -0.05) is 36.4 Å². The number of carboxylic acid groups (broad SMARTS) is 1. The van der Waals surface area contributed by atoms with Gasteiger partial charge >= 0.3 is 11.9 Å². The first-order valence-corrected chi connectivity index (χ1v) is 6.10. The maximum Gasteiger partial charge on any atom is 0.320 e. The van der Waals surface area contributed by atoms with Gasteiger partial charge in [0.2, 0.25) is 0 Å². The average molecular weight is 262 g/mol. The molecule has 4 nitrogen and oxygen atoms in total. The van der Waals surface area contributed by atoms with E-state index in [-0.39, 0.29) is 13.0 Å². The van der Waals surface area contributed by atoms with E-state index in [4.69, 9.17) is 9.84 Å². The minimum Gasteiger partial charge on any atom is -0.481 e. The molecule has 1 unspecified atom stereocenters. The fourth-order valence-electron chi connectivity index (χ4n) is 1.85. The van der Waals surface area contributed by atoms with Crippen LogP contribution in [0.3, 0.4) is 0 Å². The Bertz CT molecular complexity index is 491. The molecule has 0 amide bonds. The molecule has 0 saturated carbocycles. The fourth-order valence-corrected chi connectivity index (χ4v) is 1.85. The zero-order valence-corrected chi connectivity index (χ0v) is 11.2.